The zero-order valence-corrected chi connectivity index (χ0v) is 13.0. The highest BCUT2D eigenvalue weighted by atomic mass is 16.5. The van der Waals surface area contributed by atoms with Gasteiger partial charge in [-0.1, -0.05) is 6.92 Å². The van der Waals surface area contributed by atoms with Crippen molar-refractivity contribution in [1.82, 2.24) is 4.98 Å². The van der Waals surface area contributed by atoms with E-state index in [2.05, 4.69) is 22.2 Å². The van der Waals surface area contributed by atoms with Crippen molar-refractivity contribution in [1.29, 1.82) is 0 Å². The van der Waals surface area contributed by atoms with E-state index < -0.39 is 0 Å². The van der Waals surface area contributed by atoms with Gasteiger partial charge in [0, 0.05) is 13.1 Å². The molecule has 1 fully saturated rings. The fourth-order valence-corrected chi connectivity index (χ4v) is 2.58. The van der Waals surface area contributed by atoms with Crippen LogP contribution in [0.25, 0.3) is 0 Å². The van der Waals surface area contributed by atoms with Gasteiger partial charge in [-0.3, -0.25) is 5.84 Å². The summed E-state index contributed by atoms with van der Waals surface area (Å²) in [5.74, 6) is 6.81. The number of nitrogens with two attached hydrogens (primary N) is 1. The standard InChI is InChI=1S/C15H24N4O2/c1-4-21-15(20)12-9-13(18-16)14(17-11(12)3)19-7-5-10(2)6-8-19/h9-10,18H,4-8,16H2,1-3H3. The van der Waals surface area contributed by atoms with E-state index in [0.29, 0.717) is 23.6 Å². The van der Waals surface area contributed by atoms with E-state index in [-0.39, 0.29) is 5.97 Å². The summed E-state index contributed by atoms with van der Waals surface area (Å²) < 4.78 is 5.05. The van der Waals surface area contributed by atoms with Crippen LogP contribution in [0.4, 0.5) is 11.5 Å². The molecule has 0 radical (unpaired) electrons. The molecule has 1 aromatic heterocycles. The van der Waals surface area contributed by atoms with Crippen molar-refractivity contribution in [2.24, 2.45) is 11.8 Å². The molecule has 0 bridgehead atoms. The number of ether oxygens (including phenoxy) is 1. The molecule has 0 unspecified atom stereocenters. The molecule has 116 valence electrons. The Morgan fingerprint density at radius 3 is 2.76 bits per heavy atom. The summed E-state index contributed by atoms with van der Waals surface area (Å²) in [6, 6.07) is 1.73. The van der Waals surface area contributed by atoms with Crippen LogP contribution in [0.3, 0.4) is 0 Å². The first-order valence-electron chi connectivity index (χ1n) is 7.47. The number of pyridine rings is 1. The van der Waals surface area contributed by atoms with Crippen LogP contribution in [0.15, 0.2) is 6.07 Å². The van der Waals surface area contributed by atoms with Crippen LogP contribution >= 0.6 is 0 Å². The highest BCUT2D eigenvalue weighted by Gasteiger charge is 2.22. The predicted molar refractivity (Wildman–Crippen MR) is 83.4 cm³/mol. The molecule has 1 aliphatic rings. The number of aromatic nitrogens is 1. The van der Waals surface area contributed by atoms with Gasteiger partial charge in [0.2, 0.25) is 0 Å². The number of nitrogens with one attached hydrogen (secondary N) is 1. The quantitative estimate of drug-likeness (QED) is 0.502. The van der Waals surface area contributed by atoms with Gasteiger partial charge in [-0.15, -0.1) is 0 Å². The Balaban J connectivity index is 2.30. The Kier molecular flexibility index (Phi) is 5.01. The summed E-state index contributed by atoms with van der Waals surface area (Å²) in [5, 5.41) is 0. The first kappa shape index (κ1) is 15.6. The Morgan fingerprint density at radius 1 is 1.52 bits per heavy atom. The number of carbonyl (C=O) groups excluding carboxylic acids is 1. The van der Waals surface area contributed by atoms with E-state index in [9.17, 15) is 4.79 Å². The zero-order valence-electron chi connectivity index (χ0n) is 13.0. The van der Waals surface area contributed by atoms with Crippen molar-refractivity contribution in [3.63, 3.8) is 0 Å². The van der Waals surface area contributed by atoms with Gasteiger partial charge in [0.05, 0.1) is 23.6 Å². The lowest BCUT2D eigenvalue weighted by atomic mass is 9.99. The van der Waals surface area contributed by atoms with E-state index in [0.717, 1.165) is 37.7 Å². The third-order valence-corrected chi connectivity index (χ3v) is 3.93. The number of rotatable bonds is 4. The van der Waals surface area contributed by atoms with Crippen LogP contribution in [-0.2, 0) is 4.74 Å². The fraction of sp³-hybridized carbons (Fsp3) is 0.600. The lowest BCUT2D eigenvalue weighted by molar-refractivity contribution is 0.0525. The van der Waals surface area contributed by atoms with Gasteiger partial charge in [0.25, 0.3) is 0 Å². The molecule has 6 heteroatoms. The number of nitrogens with zero attached hydrogens (tertiary/aromatic N) is 2. The van der Waals surface area contributed by atoms with Gasteiger partial charge in [0.15, 0.2) is 5.82 Å². The normalized spacial score (nSPS) is 15.9. The number of piperidine rings is 1. The molecule has 1 saturated heterocycles. The van der Waals surface area contributed by atoms with E-state index >= 15 is 0 Å². The molecule has 1 aromatic rings. The number of hydrogen-bond donors (Lipinski definition) is 2. The lowest BCUT2D eigenvalue weighted by Crippen LogP contribution is -2.34. The molecule has 3 N–H and O–H groups in total. The van der Waals surface area contributed by atoms with E-state index in [4.69, 9.17) is 10.6 Å². The number of carbonyl (C=O) groups is 1. The topological polar surface area (TPSA) is 80.5 Å². The number of nitrogen functional groups attached to an aromatic ring is 1. The van der Waals surface area contributed by atoms with Gasteiger partial charge >= 0.3 is 5.97 Å². The summed E-state index contributed by atoms with van der Waals surface area (Å²) in [6.45, 7) is 8.13. The minimum absolute atomic E-state index is 0.343. The molecule has 6 nitrogen and oxygen atoms in total. The minimum Gasteiger partial charge on any atom is -0.462 e. The molecule has 0 atom stereocenters. The average molecular weight is 292 g/mol. The van der Waals surface area contributed by atoms with Crippen LogP contribution in [0.2, 0.25) is 0 Å². The SMILES string of the molecule is CCOC(=O)c1cc(NN)c(N2CCC(C)CC2)nc1C. The number of esters is 1. The van der Waals surface area contributed by atoms with Gasteiger partial charge < -0.3 is 15.1 Å². The van der Waals surface area contributed by atoms with Gasteiger partial charge in [0.1, 0.15) is 0 Å². The van der Waals surface area contributed by atoms with Crippen molar-refractivity contribution in [3.05, 3.63) is 17.3 Å². The Labute approximate surface area is 125 Å². The monoisotopic (exact) mass is 292 g/mol. The molecule has 0 saturated carbocycles. The molecule has 2 heterocycles. The molecule has 0 spiro atoms. The van der Waals surface area contributed by atoms with Crippen molar-refractivity contribution in [3.8, 4) is 0 Å². The van der Waals surface area contributed by atoms with Crippen LogP contribution in [0.1, 0.15) is 42.7 Å². The van der Waals surface area contributed by atoms with Crippen LogP contribution in [0.5, 0.6) is 0 Å². The van der Waals surface area contributed by atoms with Gasteiger partial charge in [-0.05, 0) is 38.7 Å². The molecule has 0 aromatic carbocycles. The molecule has 21 heavy (non-hydrogen) atoms. The summed E-state index contributed by atoms with van der Waals surface area (Å²) in [5.41, 5.74) is 4.45. The Hall–Kier alpha value is -1.82. The molecule has 2 rings (SSSR count). The second kappa shape index (κ2) is 6.76. The van der Waals surface area contributed by atoms with Crippen LogP contribution in [-0.4, -0.2) is 30.6 Å². The van der Waals surface area contributed by atoms with Gasteiger partial charge in [-0.25, -0.2) is 9.78 Å². The predicted octanol–water partition coefficient (Wildman–Crippen LogP) is 2.09. The van der Waals surface area contributed by atoms with Crippen molar-refractivity contribution in [2.45, 2.75) is 33.6 Å². The maximum Gasteiger partial charge on any atom is 0.340 e. The van der Waals surface area contributed by atoms with E-state index in [1.54, 1.807) is 13.0 Å². The summed E-state index contributed by atoms with van der Waals surface area (Å²) in [4.78, 5) is 18.7. The molecule has 0 aliphatic carbocycles. The third-order valence-electron chi connectivity index (χ3n) is 3.93. The maximum atomic E-state index is 11.9. The maximum absolute atomic E-state index is 11.9. The number of aryl methyl sites for hydroxylation is 1. The minimum atomic E-state index is -0.363. The van der Waals surface area contributed by atoms with Gasteiger partial charge in [-0.2, -0.15) is 0 Å². The molecular formula is C15H24N4O2. The molecule has 1 aliphatic heterocycles. The second-order valence-electron chi connectivity index (χ2n) is 5.53. The Morgan fingerprint density at radius 2 is 2.19 bits per heavy atom. The summed E-state index contributed by atoms with van der Waals surface area (Å²) in [6.07, 6.45) is 2.29. The highest BCUT2D eigenvalue weighted by Crippen LogP contribution is 2.29. The van der Waals surface area contributed by atoms with E-state index in [1.165, 1.54) is 0 Å². The smallest absolute Gasteiger partial charge is 0.340 e. The number of anilines is 2. The summed E-state index contributed by atoms with van der Waals surface area (Å²) >= 11 is 0. The zero-order chi connectivity index (χ0) is 15.4. The second-order valence-corrected chi connectivity index (χ2v) is 5.53. The van der Waals surface area contributed by atoms with Crippen molar-refractivity contribution in [2.75, 3.05) is 30.0 Å². The Bertz CT molecular complexity index is 511. The largest absolute Gasteiger partial charge is 0.462 e. The van der Waals surface area contributed by atoms with Crippen LogP contribution < -0.4 is 16.2 Å². The number of hydrazine groups is 1. The first-order valence-corrected chi connectivity index (χ1v) is 7.47. The first-order chi connectivity index (χ1) is 10.1. The van der Waals surface area contributed by atoms with E-state index in [1.807, 2.05) is 6.92 Å². The number of hydrogen-bond acceptors (Lipinski definition) is 6. The third kappa shape index (κ3) is 3.44. The highest BCUT2D eigenvalue weighted by molar-refractivity contribution is 5.92. The average Bonchev–Trinajstić information content (AvgIpc) is 2.48. The molecular weight excluding hydrogens is 268 g/mol. The van der Waals surface area contributed by atoms with Crippen LogP contribution in [0, 0.1) is 12.8 Å². The lowest BCUT2D eigenvalue weighted by Gasteiger charge is -2.32. The van der Waals surface area contributed by atoms with Crippen molar-refractivity contribution >= 4 is 17.5 Å². The van der Waals surface area contributed by atoms with Crippen molar-refractivity contribution < 1.29 is 9.53 Å². The molecule has 0 amide bonds. The fourth-order valence-electron chi connectivity index (χ4n) is 2.58. The summed E-state index contributed by atoms with van der Waals surface area (Å²) in [7, 11) is 0.